The van der Waals surface area contributed by atoms with E-state index in [4.69, 9.17) is 11.0 Å². The number of nitriles is 1. The fourth-order valence-corrected chi connectivity index (χ4v) is 2.53. The van der Waals surface area contributed by atoms with Gasteiger partial charge in [0.1, 0.15) is 17.5 Å². The molecular formula is C12H11N5O3S. The lowest BCUT2D eigenvalue weighted by molar-refractivity contribution is 0.598. The normalized spacial score (nSPS) is 12.1. The summed E-state index contributed by atoms with van der Waals surface area (Å²) in [4.78, 5) is 15.5. The molecular weight excluding hydrogens is 294 g/mol. The maximum atomic E-state index is 12.1. The van der Waals surface area contributed by atoms with E-state index in [-0.39, 0.29) is 16.3 Å². The van der Waals surface area contributed by atoms with E-state index in [0.717, 1.165) is 5.56 Å². The molecule has 108 valence electrons. The number of nitrogens with two attached hydrogens (primary N) is 1. The number of nitrogens with one attached hydrogen (secondary N) is 2. The second kappa shape index (κ2) is 5.26. The zero-order valence-electron chi connectivity index (χ0n) is 10.9. The highest BCUT2D eigenvalue weighted by atomic mass is 32.2. The van der Waals surface area contributed by atoms with E-state index < -0.39 is 21.5 Å². The first-order valence-electron chi connectivity index (χ1n) is 5.73. The molecule has 1 aromatic heterocycles. The third kappa shape index (κ3) is 3.01. The van der Waals surface area contributed by atoms with Crippen molar-refractivity contribution in [2.45, 2.75) is 11.8 Å². The Morgan fingerprint density at radius 1 is 1.29 bits per heavy atom. The van der Waals surface area contributed by atoms with E-state index in [1.807, 2.05) is 6.92 Å². The van der Waals surface area contributed by atoms with Crippen LogP contribution in [0.25, 0.3) is 0 Å². The van der Waals surface area contributed by atoms with Gasteiger partial charge in [0.15, 0.2) is 5.84 Å². The van der Waals surface area contributed by atoms with Crippen LogP contribution in [0.3, 0.4) is 0 Å². The molecule has 0 unspecified atom stereocenters. The number of sulfonamides is 1. The topological polar surface area (TPSA) is 145 Å². The Labute approximate surface area is 120 Å². The van der Waals surface area contributed by atoms with Crippen LogP contribution in [0.1, 0.15) is 17.0 Å². The molecule has 0 saturated heterocycles. The van der Waals surface area contributed by atoms with Gasteiger partial charge in [0.25, 0.3) is 10.0 Å². The number of aryl methyl sites for hydroxylation is 1. The highest BCUT2D eigenvalue weighted by molar-refractivity contribution is 7.90. The highest BCUT2D eigenvalue weighted by Crippen LogP contribution is 2.14. The first kappa shape index (κ1) is 14.5. The van der Waals surface area contributed by atoms with Crippen LogP contribution < -0.4 is 11.4 Å². The number of benzene rings is 1. The second-order valence-electron chi connectivity index (χ2n) is 4.21. The summed E-state index contributed by atoms with van der Waals surface area (Å²) >= 11 is 0. The highest BCUT2D eigenvalue weighted by Gasteiger charge is 2.17. The zero-order chi connectivity index (χ0) is 15.6. The van der Waals surface area contributed by atoms with Gasteiger partial charge in [-0.15, -0.1) is 4.40 Å². The number of hydrogen-bond acceptors (Lipinski definition) is 4. The van der Waals surface area contributed by atoms with E-state index in [2.05, 4.69) is 14.4 Å². The van der Waals surface area contributed by atoms with E-state index in [0.29, 0.717) is 0 Å². The minimum atomic E-state index is -4.02. The summed E-state index contributed by atoms with van der Waals surface area (Å²) in [6.07, 6.45) is 0. The first-order chi connectivity index (χ1) is 9.83. The van der Waals surface area contributed by atoms with Gasteiger partial charge in [-0.05, 0) is 19.1 Å². The van der Waals surface area contributed by atoms with Crippen LogP contribution in [0.4, 0.5) is 0 Å². The molecule has 0 bridgehead atoms. The molecule has 0 fully saturated rings. The van der Waals surface area contributed by atoms with Gasteiger partial charge >= 0.3 is 5.69 Å². The van der Waals surface area contributed by atoms with Crippen LogP contribution in [-0.2, 0) is 10.0 Å². The van der Waals surface area contributed by atoms with Gasteiger partial charge in [0.05, 0.1) is 4.90 Å². The van der Waals surface area contributed by atoms with Crippen molar-refractivity contribution in [1.82, 2.24) is 9.97 Å². The lowest BCUT2D eigenvalue weighted by Crippen LogP contribution is -2.18. The molecule has 0 radical (unpaired) electrons. The van der Waals surface area contributed by atoms with Crippen molar-refractivity contribution in [3.63, 3.8) is 0 Å². The minimum Gasteiger partial charge on any atom is -0.381 e. The quantitative estimate of drug-likeness (QED) is 0.539. The summed E-state index contributed by atoms with van der Waals surface area (Å²) in [7, 11) is -4.02. The molecule has 0 saturated carbocycles. The average Bonchev–Trinajstić information content (AvgIpc) is 2.80. The Kier molecular flexibility index (Phi) is 3.64. The summed E-state index contributed by atoms with van der Waals surface area (Å²) < 4.78 is 27.6. The Hall–Kier alpha value is -2.86. The molecule has 9 heteroatoms. The molecule has 1 aromatic carbocycles. The fraction of sp³-hybridized carbons (Fsp3) is 0.0833. The Bertz CT molecular complexity index is 898. The third-order valence-corrected chi connectivity index (χ3v) is 3.94. The molecule has 2 aromatic rings. The molecule has 0 atom stereocenters. The minimum absolute atomic E-state index is 0.0348. The number of nitrogens with zero attached hydrogens (tertiary/aromatic N) is 2. The third-order valence-electron chi connectivity index (χ3n) is 2.63. The molecule has 8 nitrogen and oxygen atoms in total. The van der Waals surface area contributed by atoms with Crippen molar-refractivity contribution in [3.8, 4) is 6.07 Å². The van der Waals surface area contributed by atoms with Crippen molar-refractivity contribution >= 4 is 15.9 Å². The monoisotopic (exact) mass is 305 g/mol. The molecule has 1 heterocycles. The lowest BCUT2D eigenvalue weighted by Gasteiger charge is -2.01. The number of hydrogen-bond donors (Lipinski definition) is 3. The van der Waals surface area contributed by atoms with E-state index in [1.54, 1.807) is 18.2 Å². The average molecular weight is 305 g/mol. The summed E-state index contributed by atoms with van der Waals surface area (Å²) in [6.45, 7) is 1.82. The molecule has 2 rings (SSSR count). The Balaban J connectivity index is 2.49. The molecule has 4 N–H and O–H groups in total. The van der Waals surface area contributed by atoms with Crippen molar-refractivity contribution in [2.75, 3.05) is 0 Å². The van der Waals surface area contributed by atoms with Crippen molar-refractivity contribution in [3.05, 3.63) is 51.7 Å². The van der Waals surface area contributed by atoms with Gasteiger partial charge in [-0.1, -0.05) is 17.7 Å². The van der Waals surface area contributed by atoms with Gasteiger partial charge in [0, 0.05) is 0 Å². The predicted molar refractivity (Wildman–Crippen MR) is 75.2 cm³/mol. The van der Waals surface area contributed by atoms with Crippen molar-refractivity contribution in [1.29, 1.82) is 5.26 Å². The van der Waals surface area contributed by atoms with Crippen LogP contribution in [0.5, 0.6) is 0 Å². The smallest absolute Gasteiger partial charge is 0.324 e. The maximum absolute atomic E-state index is 12.1. The van der Waals surface area contributed by atoms with Crippen LogP contribution in [-0.4, -0.2) is 24.2 Å². The lowest BCUT2D eigenvalue weighted by atomic mass is 10.2. The summed E-state index contributed by atoms with van der Waals surface area (Å²) in [5, 5.41) is 8.83. The summed E-state index contributed by atoms with van der Waals surface area (Å²) in [5.74, 6) is -0.467. The number of aromatic amines is 2. The van der Waals surface area contributed by atoms with Gasteiger partial charge in [-0.2, -0.15) is 13.7 Å². The predicted octanol–water partition coefficient (Wildman–Crippen LogP) is -0.0227. The Morgan fingerprint density at radius 2 is 1.90 bits per heavy atom. The summed E-state index contributed by atoms with van der Waals surface area (Å²) in [6, 6.07) is 7.72. The fourth-order valence-electron chi connectivity index (χ4n) is 1.60. The first-order valence-corrected chi connectivity index (χ1v) is 7.17. The summed E-state index contributed by atoms with van der Waals surface area (Å²) in [5.41, 5.74) is 5.46. The number of imidazole rings is 1. The van der Waals surface area contributed by atoms with E-state index >= 15 is 0 Å². The van der Waals surface area contributed by atoms with Crippen LogP contribution in [0.2, 0.25) is 0 Å². The van der Waals surface area contributed by atoms with E-state index in [1.165, 1.54) is 12.1 Å². The van der Waals surface area contributed by atoms with Crippen LogP contribution in [0, 0.1) is 18.3 Å². The van der Waals surface area contributed by atoms with E-state index in [9.17, 15) is 13.2 Å². The van der Waals surface area contributed by atoms with Gasteiger partial charge in [-0.3, -0.25) is 4.98 Å². The second-order valence-corrected chi connectivity index (χ2v) is 5.81. The molecule has 0 amide bonds. The number of H-pyrrole nitrogens is 2. The largest absolute Gasteiger partial charge is 0.381 e. The van der Waals surface area contributed by atoms with Crippen LogP contribution in [0.15, 0.2) is 38.4 Å². The molecule has 0 spiro atoms. The number of rotatable bonds is 3. The standard InChI is InChI=1S/C12H11N5O3S/c1-7-2-4-8(5-3-7)21(19,20)17-11(14)10-9(6-13)15-12(18)16-10/h2-5H,1H3,(H2,14,17)(H2,15,16,18). The molecule has 0 aliphatic rings. The molecule has 21 heavy (non-hydrogen) atoms. The Morgan fingerprint density at radius 3 is 2.48 bits per heavy atom. The van der Waals surface area contributed by atoms with Crippen LogP contribution >= 0.6 is 0 Å². The zero-order valence-corrected chi connectivity index (χ0v) is 11.7. The van der Waals surface area contributed by atoms with Gasteiger partial charge in [0.2, 0.25) is 0 Å². The number of amidine groups is 1. The van der Waals surface area contributed by atoms with Crippen molar-refractivity contribution in [2.24, 2.45) is 10.1 Å². The van der Waals surface area contributed by atoms with Gasteiger partial charge in [-0.25, -0.2) is 4.79 Å². The number of aromatic nitrogens is 2. The van der Waals surface area contributed by atoms with Crippen molar-refractivity contribution < 1.29 is 8.42 Å². The maximum Gasteiger partial charge on any atom is 0.324 e. The van der Waals surface area contributed by atoms with Gasteiger partial charge < -0.3 is 10.7 Å². The molecule has 0 aliphatic heterocycles. The SMILES string of the molecule is Cc1ccc(S(=O)(=O)N=C(N)c2[nH]c(=O)[nH]c2C#N)cc1. The molecule has 0 aliphatic carbocycles.